The van der Waals surface area contributed by atoms with Crippen LogP contribution in [0.15, 0.2) is 43.0 Å². The van der Waals surface area contributed by atoms with E-state index in [4.69, 9.17) is 0 Å². The molecule has 0 aliphatic rings. The molecule has 2 heterocycles. The van der Waals surface area contributed by atoms with E-state index in [1.807, 2.05) is 25.1 Å². The summed E-state index contributed by atoms with van der Waals surface area (Å²) in [6, 6.07) is 5.48. The number of carbonyl (C=O) groups is 1. The van der Waals surface area contributed by atoms with Crippen LogP contribution in [0, 0.1) is 6.92 Å². The van der Waals surface area contributed by atoms with E-state index >= 15 is 0 Å². The minimum Gasteiger partial charge on any atom is -0.291 e. The first-order valence-corrected chi connectivity index (χ1v) is 4.37. The second-order valence-corrected chi connectivity index (χ2v) is 3.09. The number of rotatable bonds is 1. The smallest absolute Gasteiger partial charge is 0.263 e. The summed E-state index contributed by atoms with van der Waals surface area (Å²) in [7, 11) is 0. The van der Waals surface area contributed by atoms with Crippen molar-refractivity contribution in [1.29, 1.82) is 0 Å². The highest BCUT2D eigenvalue weighted by molar-refractivity contribution is 5.96. The van der Waals surface area contributed by atoms with Crippen LogP contribution in [-0.2, 0) is 0 Å². The third kappa shape index (κ3) is 1.44. The van der Waals surface area contributed by atoms with E-state index in [-0.39, 0.29) is 5.91 Å². The maximum atomic E-state index is 11.9. The van der Waals surface area contributed by atoms with E-state index in [1.165, 1.54) is 0 Å². The van der Waals surface area contributed by atoms with Crippen molar-refractivity contribution in [1.82, 2.24) is 9.55 Å². The number of aryl methyl sites for hydroxylation is 1. The Balaban J connectivity index is 2.42. The Morgan fingerprint density at radius 1 is 1.36 bits per heavy atom. The molecule has 0 saturated heterocycles. The maximum absolute atomic E-state index is 11.9. The van der Waals surface area contributed by atoms with E-state index in [2.05, 4.69) is 4.98 Å². The van der Waals surface area contributed by atoms with Crippen LogP contribution < -0.4 is 0 Å². The van der Waals surface area contributed by atoms with Gasteiger partial charge in [0.05, 0.1) is 5.56 Å². The fraction of sp³-hybridized carbons (Fsp3) is 0.0909. The molecule has 0 spiro atoms. The van der Waals surface area contributed by atoms with Crippen molar-refractivity contribution >= 4 is 5.91 Å². The molecule has 0 bridgehead atoms. The van der Waals surface area contributed by atoms with Crippen LogP contribution in [0.3, 0.4) is 0 Å². The molecule has 2 rings (SSSR count). The average Bonchev–Trinajstić information content (AvgIpc) is 2.70. The van der Waals surface area contributed by atoms with Gasteiger partial charge in [0.15, 0.2) is 0 Å². The summed E-state index contributed by atoms with van der Waals surface area (Å²) in [6.45, 7) is 1.90. The number of nitrogens with zero attached hydrogens (tertiary/aromatic N) is 2. The van der Waals surface area contributed by atoms with Gasteiger partial charge in [-0.2, -0.15) is 0 Å². The van der Waals surface area contributed by atoms with Gasteiger partial charge in [-0.05, 0) is 30.7 Å². The standard InChI is InChI=1S/C11H10N2O/c1-9-4-5-12-8-10(9)11(14)13-6-2-3-7-13/h2-8H,1H3. The first-order valence-electron chi connectivity index (χ1n) is 4.37. The molecule has 0 saturated carbocycles. The normalized spacial score (nSPS) is 10.1. The molecular formula is C11H10N2O. The van der Waals surface area contributed by atoms with Gasteiger partial charge in [-0.25, -0.2) is 0 Å². The van der Waals surface area contributed by atoms with E-state index < -0.39 is 0 Å². The molecule has 0 atom stereocenters. The Hall–Kier alpha value is -1.90. The molecule has 0 radical (unpaired) electrons. The van der Waals surface area contributed by atoms with Gasteiger partial charge in [0.1, 0.15) is 0 Å². The first kappa shape index (κ1) is 8.69. The Labute approximate surface area is 82.0 Å². The summed E-state index contributed by atoms with van der Waals surface area (Å²) >= 11 is 0. The molecule has 70 valence electrons. The molecule has 2 aromatic heterocycles. The van der Waals surface area contributed by atoms with Gasteiger partial charge in [-0.3, -0.25) is 14.3 Å². The predicted molar refractivity (Wildman–Crippen MR) is 53.1 cm³/mol. The highest BCUT2D eigenvalue weighted by atomic mass is 16.2. The molecule has 0 aliphatic carbocycles. The average molecular weight is 186 g/mol. The lowest BCUT2D eigenvalue weighted by Gasteiger charge is -2.03. The van der Waals surface area contributed by atoms with Gasteiger partial charge in [0, 0.05) is 24.8 Å². The minimum atomic E-state index is -0.0411. The van der Waals surface area contributed by atoms with Crippen molar-refractivity contribution in [3.8, 4) is 0 Å². The molecule has 14 heavy (non-hydrogen) atoms. The molecule has 3 nitrogen and oxygen atoms in total. The van der Waals surface area contributed by atoms with E-state index in [0.717, 1.165) is 5.56 Å². The molecule has 0 aromatic carbocycles. The monoisotopic (exact) mass is 186 g/mol. The highest BCUT2D eigenvalue weighted by Gasteiger charge is 2.09. The number of pyridine rings is 1. The van der Waals surface area contributed by atoms with Crippen molar-refractivity contribution in [2.75, 3.05) is 0 Å². The predicted octanol–water partition coefficient (Wildman–Crippen LogP) is 1.88. The Bertz CT molecular complexity index is 446. The topological polar surface area (TPSA) is 34.9 Å². The molecule has 3 heteroatoms. The molecule has 0 N–H and O–H groups in total. The molecule has 0 amide bonds. The SMILES string of the molecule is Cc1ccncc1C(=O)n1cccc1. The Kier molecular flexibility index (Phi) is 2.14. The van der Waals surface area contributed by atoms with Crippen molar-refractivity contribution in [3.05, 3.63) is 54.1 Å². The first-order chi connectivity index (χ1) is 6.79. The van der Waals surface area contributed by atoms with Crippen molar-refractivity contribution < 1.29 is 4.79 Å². The minimum absolute atomic E-state index is 0.0411. The van der Waals surface area contributed by atoms with Gasteiger partial charge in [-0.1, -0.05) is 0 Å². The lowest BCUT2D eigenvalue weighted by Crippen LogP contribution is -2.11. The molecule has 0 fully saturated rings. The zero-order valence-corrected chi connectivity index (χ0v) is 7.84. The van der Waals surface area contributed by atoms with E-state index in [1.54, 1.807) is 29.4 Å². The van der Waals surface area contributed by atoms with E-state index in [9.17, 15) is 4.79 Å². The Morgan fingerprint density at radius 2 is 2.07 bits per heavy atom. The van der Waals surface area contributed by atoms with Crippen molar-refractivity contribution in [2.45, 2.75) is 6.92 Å². The van der Waals surface area contributed by atoms with Crippen LogP contribution in [0.4, 0.5) is 0 Å². The lowest BCUT2D eigenvalue weighted by atomic mass is 10.1. The van der Waals surface area contributed by atoms with Crippen LogP contribution in [0.25, 0.3) is 0 Å². The molecule has 0 aliphatic heterocycles. The zero-order valence-electron chi connectivity index (χ0n) is 7.84. The number of hydrogen-bond acceptors (Lipinski definition) is 2. The second-order valence-electron chi connectivity index (χ2n) is 3.09. The number of aromatic nitrogens is 2. The number of carbonyl (C=O) groups excluding carboxylic acids is 1. The summed E-state index contributed by atoms with van der Waals surface area (Å²) in [5, 5.41) is 0. The quantitative estimate of drug-likeness (QED) is 0.681. The van der Waals surface area contributed by atoms with Crippen LogP contribution >= 0.6 is 0 Å². The van der Waals surface area contributed by atoms with E-state index in [0.29, 0.717) is 5.56 Å². The van der Waals surface area contributed by atoms with Crippen LogP contribution in [0.5, 0.6) is 0 Å². The van der Waals surface area contributed by atoms with Crippen molar-refractivity contribution in [3.63, 3.8) is 0 Å². The lowest BCUT2D eigenvalue weighted by molar-refractivity contribution is 0.0959. The third-order valence-corrected chi connectivity index (χ3v) is 2.11. The summed E-state index contributed by atoms with van der Waals surface area (Å²) in [4.78, 5) is 15.8. The summed E-state index contributed by atoms with van der Waals surface area (Å²) in [5.41, 5.74) is 1.59. The van der Waals surface area contributed by atoms with Crippen LogP contribution in [0.1, 0.15) is 15.9 Å². The van der Waals surface area contributed by atoms with Crippen LogP contribution in [-0.4, -0.2) is 15.5 Å². The van der Waals surface area contributed by atoms with Gasteiger partial charge < -0.3 is 0 Å². The molecule has 0 unspecified atom stereocenters. The summed E-state index contributed by atoms with van der Waals surface area (Å²) < 4.78 is 1.55. The van der Waals surface area contributed by atoms with Gasteiger partial charge in [-0.15, -0.1) is 0 Å². The zero-order chi connectivity index (χ0) is 9.97. The van der Waals surface area contributed by atoms with Gasteiger partial charge >= 0.3 is 0 Å². The summed E-state index contributed by atoms with van der Waals surface area (Å²) in [5.74, 6) is -0.0411. The Morgan fingerprint density at radius 3 is 2.71 bits per heavy atom. The fourth-order valence-electron chi connectivity index (χ4n) is 1.30. The van der Waals surface area contributed by atoms with Crippen molar-refractivity contribution in [2.24, 2.45) is 0 Å². The van der Waals surface area contributed by atoms with Gasteiger partial charge in [0.25, 0.3) is 5.91 Å². The number of hydrogen-bond donors (Lipinski definition) is 0. The largest absolute Gasteiger partial charge is 0.291 e. The molecular weight excluding hydrogens is 176 g/mol. The summed E-state index contributed by atoms with van der Waals surface area (Å²) in [6.07, 6.45) is 6.74. The van der Waals surface area contributed by atoms with Gasteiger partial charge in [0.2, 0.25) is 0 Å². The fourth-order valence-corrected chi connectivity index (χ4v) is 1.30. The molecule has 2 aromatic rings. The second kappa shape index (κ2) is 3.46. The van der Waals surface area contributed by atoms with Crippen LogP contribution in [0.2, 0.25) is 0 Å². The highest BCUT2D eigenvalue weighted by Crippen LogP contribution is 2.07. The third-order valence-electron chi connectivity index (χ3n) is 2.11. The maximum Gasteiger partial charge on any atom is 0.263 e.